The van der Waals surface area contributed by atoms with E-state index in [0.717, 1.165) is 13.0 Å². The molecule has 5 nitrogen and oxygen atoms in total. The van der Waals surface area contributed by atoms with Crippen LogP contribution in [0.25, 0.3) is 0 Å². The lowest BCUT2D eigenvalue weighted by atomic mass is 10.3. The molecule has 1 aromatic heterocycles. The van der Waals surface area contributed by atoms with Gasteiger partial charge in [-0.15, -0.1) is 0 Å². The van der Waals surface area contributed by atoms with Crippen molar-refractivity contribution >= 4 is 0 Å². The van der Waals surface area contributed by atoms with Crippen molar-refractivity contribution < 1.29 is 9.26 Å². The van der Waals surface area contributed by atoms with Gasteiger partial charge in [-0.25, -0.2) is 0 Å². The molecule has 0 radical (unpaired) electrons. The van der Waals surface area contributed by atoms with Crippen LogP contribution in [0.15, 0.2) is 4.52 Å². The lowest BCUT2D eigenvalue weighted by molar-refractivity contribution is 0.174. The van der Waals surface area contributed by atoms with E-state index in [4.69, 9.17) is 9.26 Å². The van der Waals surface area contributed by atoms with E-state index >= 15 is 0 Å². The first-order chi connectivity index (χ1) is 6.72. The Balaban J connectivity index is 2.28. The second-order valence-corrected chi connectivity index (χ2v) is 3.40. The number of hydrogen-bond acceptors (Lipinski definition) is 5. The molecule has 0 aliphatic heterocycles. The summed E-state index contributed by atoms with van der Waals surface area (Å²) in [6, 6.07) is 0.483. The molecular weight excluding hydrogens is 182 g/mol. The largest absolute Gasteiger partial charge is 0.377 e. The zero-order valence-corrected chi connectivity index (χ0v) is 8.91. The molecule has 0 atom stereocenters. The fourth-order valence-corrected chi connectivity index (χ4v) is 1.05. The molecule has 0 saturated heterocycles. The lowest BCUT2D eigenvalue weighted by Crippen LogP contribution is -2.25. The quantitative estimate of drug-likeness (QED) is 0.732. The topological polar surface area (TPSA) is 60.2 Å². The molecular formula is C9H17N3O2. The summed E-state index contributed by atoms with van der Waals surface area (Å²) in [6.45, 7) is 5.46. The van der Waals surface area contributed by atoms with Crippen LogP contribution in [-0.4, -0.2) is 29.8 Å². The summed E-state index contributed by atoms with van der Waals surface area (Å²) in [5, 5.41) is 7.04. The highest BCUT2D eigenvalue weighted by Gasteiger charge is 2.05. The fourth-order valence-electron chi connectivity index (χ4n) is 1.05. The van der Waals surface area contributed by atoms with Crippen molar-refractivity contribution in [2.75, 3.05) is 13.7 Å². The van der Waals surface area contributed by atoms with Crippen molar-refractivity contribution in [1.82, 2.24) is 15.5 Å². The predicted molar refractivity (Wildman–Crippen MR) is 51.9 cm³/mol. The van der Waals surface area contributed by atoms with Gasteiger partial charge in [0.2, 0.25) is 5.89 Å². The van der Waals surface area contributed by atoms with Gasteiger partial charge in [0.05, 0.1) is 0 Å². The van der Waals surface area contributed by atoms with Crippen LogP contribution >= 0.6 is 0 Å². The molecule has 0 fully saturated rings. The third kappa shape index (κ3) is 3.85. The SMILES string of the molecule is COCc1noc(CCNC(C)C)n1. The third-order valence-electron chi connectivity index (χ3n) is 1.68. The summed E-state index contributed by atoms with van der Waals surface area (Å²) >= 11 is 0. The second-order valence-electron chi connectivity index (χ2n) is 3.40. The number of nitrogens with zero attached hydrogens (tertiary/aromatic N) is 2. The van der Waals surface area contributed by atoms with Crippen LogP contribution in [0.2, 0.25) is 0 Å². The molecule has 0 amide bonds. The maximum Gasteiger partial charge on any atom is 0.228 e. The molecule has 0 unspecified atom stereocenters. The molecule has 0 aliphatic rings. The average Bonchev–Trinajstić information content (AvgIpc) is 2.53. The molecule has 1 N–H and O–H groups in total. The minimum atomic E-state index is 0.404. The van der Waals surface area contributed by atoms with Crippen molar-refractivity contribution in [2.45, 2.75) is 32.9 Å². The maximum absolute atomic E-state index is 5.02. The molecule has 1 heterocycles. The number of hydrogen-bond donors (Lipinski definition) is 1. The molecule has 5 heteroatoms. The van der Waals surface area contributed by atoms with Gasteiger partial charge in [-0.2, -0.15) is 4.98 Å². The van der Waals surface area contributed by atoms with Crippen molar-refractivity contribution in [3.8, 4) is 0 Å². The molecule has 1 rings (SSSR count). The van der Waals surface area contributed by atoms with Crippen molar-refractivity contribution in [3.63, 3.8) is 0 Å². The molecule has 14 heavy (non-hydrogen) atoms. The van der Waals surface area contributed by atoms with Gasteiger partial charge in [0.25, 0.3) is 0 Å². The van der Waals surface area contributed by atoms with Crippen LogP contribution in [0.1, 0.15) is 25.6 Å². The monoisotopic (exact) mass is 199 g/mol. The summed E-state index contributed by atoms with van der Waals surface area (Å²) < 4.78 is 9.90. The van der Waals surface area contributed by atoms with Crippen molar-refractivity contribution in [1.29, 1.82) is 0 Å². The smallest absolute Gasteiger partial charge is 0.228 e. The Bertz CT molecular complexity index is 260. The van der Waals surface area contributed by atoms with Gasteiger partial charge in [0.1, 0.15) is 6.61 Å². The van der Waals surface area contributed by atoms with E-state index in [0.29, 0.717) is 24.4 Å². The van der Waals surface area contributed by atoms with Gasteiger partial charge >= 0.3 is 0 Å². The van der Waals surface area contributed by atoms with Gasteiger partial charge in [-0.1, -0.05) is 19.0 Å². The summed E-state index contributed by atoms with van der Waals surface area (Å²) in [5.41, 5.74) is 0. The first kappa shape index (κ1) is 11.1. The first-order valence-corrected chi connectivity index (χ1v) is 4.76. The molecule has 0 spiro atoms. The molecule has 0 aromatic carbocycles. The molecule has 80 valence electrons. The Morgan fingerprint density at radius 2 is 2.29 bits per heavy atom. The highest BCUT2D eigenvalue weighted by molar-refractivity contribution is 4.85. The fraction of sp³-hybridized carbons (Fsp3) is 0.778. The average molecular weight is 199 g/mol. The molecule has 0 aliphatic carbocycles. The zero-order chi connectivity index (χ0) is 10.4. The van der Waals surface area contributed by atoms with Gasteiger partial charge in [0, 0.05) is 26.1 Å². The van der Waals surface area contributed by atoms with Crippen LogP contribution < -0.4 is 5.32 Å². The highest BCUT2D eigenvalue weighted by atomic mass is 16.5. The summed E-state index contributed by atoms with van der Waals surface area (Å²) in [4.78, 5) is 4.15. The van der Waals surface area contributed by atoms with E-state index in [1.807, 2.05) is 0 Å². The van der Waals surface area contributed by atoms with Crippen molar-refractivity contribution in [3.05, 3.63) is 11.7 Å². The number of aromatic nitrogens is 2. The Morgan fingerprint density at radius 3 is 2.93 bits per heavy atom. The minimum absolute atomic E-state index is 0.404. The molecule has 0 saturated carbocycles. The van der Waals surface area contributed by atoms with E-state index in [-0.39, 0.29) is 0 Å². The van der Waals surface area contributed by atoms with Crippen LogP contribution in [-0.2, 0) is 17.8 Å². The summed E-state index contributed by atoms with van der Waals surface area (Å²) in [7, 11) is 1.61. The predicted octanol–water partition coefficient (Wildman–Crippen LogP) is 0.756. The van der Waals surface area contributed by atoms with Crippen LogP contribution in [0, 0.1) is 0 Å². The number of rotatable bonds is 6. The van der Waals surface area contributed by atoms with Crippen molar-refractivity contribution in [2.24, 2.45) is 0 Å². The standard InChI is InChI=1S/C9H17N3O2/c1-7(2)10-5-4-9-11-8(6-13-3)12-14-9/h7,10H,4-6H2,1-3H3. The van der Waals surface area contributed by atoms with Gasteiger partial charge in [-0.05, 0) is 0 Å². The third-order valence-corrected chi connectivity index (χ3v) is 1.68. The summed E-state index contributed by atoms with van der Waals surface area (Å²) in [5.74, 6) is 1.26. The van der Waals surface area contributed by atoms with E-state index in [1.165, 1.54) is 0 Å². The maximum atomic E-state index is 5.02. The van der Waals surface area contributed by atoms with Crippen LogP contribution in [0.5, 0.6) is 0 Å². The van der Waals surface area contributed by atoms with Gasteiger partial charge in [-0.3, -0.25) is 0 Å². The number of nitrogens with one attached hydrogen (secondary N) is 1. The van der Waals surface area contributed by atoms with E-state index < -0.39 is 0 Å². The first-order valence-electron chi connectivity index (χ1n) is 4.76. The van der Waals surface area contributed by atoms with E-state index in [2.05, 4.69) is 29.3 Å². The lowest BCUT2D eigenvalue weighted by Gasteiger charge is -2.04. The second kappa shape index (κ2) is 5.72. The Hall–Kier alpha value is -0.940. The number of ether oxygens (including phenoxy) is 1. The molecule has 0 bridgehead atoms. The number of methoxy groups -OCH3 is 1. The van der Waals surface area contributed by atoms with Crippen LogP contribution in [0.4, 0.5) is 0 Å². The Morgan fingerprint density at radius 1 is 1.50 bits per heavy atom. The molecule has 1 aromatic rings. The Labute approximate surface area is 83.8 Å². The zero-order valence-electron chi connectivity index (χ0n) is 8.91. The normalized spacial score (nSPS) is 11.1. The van der Waals surface area contributed by atoms with Gasteiger partial charge in [0.15, 0.2) is 5.82 Å². The summed E-state index contributed by atoms with van der Waals surface area (Å²) in [6.07, 6.45) is 0.759. The van der Waals surface area contributed by atoms with E-state index in [9.17, 15) is 0 Å². The highest BCUT2D eigenvalue weighted by Crippen LogP contribution is 1.98. The minimum Gasteiger partial charge on any atom is -0.377 e. The van der Waals surface area contributed by atoms with E-state index in [1.54, 1.807) is 7.11 Å². The van der Waals surface area contributed by atoms with Gasteiger partial charge < -0.3 is 14.6 Å². The Kier molecular flexibility index (Phi) is 4.55. The van der Waals surface area contributed by atoms with Crippen LogP contribution in [0.3, 0.4) is 0 Å².